The van der Waals surface area contributed by atoms with Crippen LogP contribution in [0.2, 0.25) is 0 Å². The maximum Gasteiger partial charge on any atom is 0.0701 e. The number of hydrogen-bond acceptors (Lipinski definition) is 13. The summed E-state index contributed by atoms with van der Waals surface area (Å²) in [7, 11) is 0. The first-order valence-corrected chi connectivity index (χ1v) is 28.9. The fourth-order valence-corrected chi connectivity index (χ4v) is 7.54. The van der Waals surface area contributed by atoms with Gasteiger partial charge in [-0.2, -0.15) is 0 Å². The first-order valence-electron chi connectivity index (χ1n) is 28.9. The van der Waals surface area contributed by atoms with Crippen LogP contribution in [-0.2, 0) is 61.6 Å². The maximum absolute atomic E-state index is 5.70. The normalized spacial score (nSPS) is 11.7. The van der Waals surface area contributed by atoms with Crippen molar-refractivity contribution >= 4 is 0 Å². The standard InChI is InChI=1S/C56H114O13/c1-3-5-7-9-11-13-15-17-19-21-23-25-27-29-31-57-33-35-59-37-39-61-41-43-63-45-47-65-49-51-67-53-55-69-56-54-68-52-50-66-48-46-64-44-42-62-40-38-60-36-34-58-32-30-28-26-24-22-20-18-16-14-12-10-8-6-4-2/h3-56H2,1-2H3. The molecule has 0 bridgehead atoms. The van der Waals surface area contributed by atoms with Crippen molar-refractivity contribution in [3.05, 3.63) is 0 Å². The zero-order valence-corrected chi connectivity index (χ0v) is 45.5. The van der Waals surface area contributed by atoms with E-state index in [2.05, 4.69) is 13.8 Å². The lowest BCUT2D eigenvalue weighted by molar-refractivity contribution is -0.0290. The van der Waals surface area contributed by atoms with Crippen molar-refractivity contribution in [3.8, 4) is 0 Å². The van der Waals surface area contributed by atoms with Crippen LogP contribution < -0.4 is 0 Å². The minimum absolute atomic E-state index is 0.518. The Hall–Kier alpha value is -0.520. The summed E-state index contributed by atoms with van der Waals surface area (Å²) in [5, 5.41) is 0. The van der Waals surface area contributed by atoms with Crippen LogP contribution in [0.5, 0.6) is 0 Å². The van der Waals surface area contributed by atoms with Gasteiger partial charge in [-0.3, -0.25) is 0 Å². The summed E-state index contributed by atoms with van der Waals surface area (Å²) in [6.45, 7) is 19.5. The third kappa shape index (κ3) is 67.5. The van der Waals surface area contributed by atoms with Gasteiger partial charge in [0.25, 0.3) is 0 Å². The Kier molecular flexibility index (Phi) is 67.0. The molecule has 0 amide bonds. The Labute approximate surface area is 425 Å². The fraction of sp³-hybridized carbons (Fsp3) is 1.00. The zero-order valence-electron chi connectivity index (χ0n) is 45.5. The van der Waals surface area contributed by atoms with Gasteiger partial charge in [-0.15, -0.1) is 0 Å². The monoisotopic (exact) mass is 995 g/mol. The van der Waals surface area contributed by atoms with Gasteiger partial charge in [0.1, 0.15) is 0 Å². The molecule has 0 aromatic rings. The van der Waals surface area contributed by atoms with Crippen molar-refractivity contribution in [1.29, 1.82) is 0 Å². The van der Waals surface area contributed by atoms with E-state index in [0.29, 0.717) is 159 Å². The van der Waals surface area contributed by atoms with Gasteiger partial charge in [-0.1, -0.05) is 181 Å². The largest absolute Gasteiger partial charge is 0.379 e. The van der Waals surface area contributed by atoms with Crippen LogP contribution in [0.25, 0.3) is 0 Å². The summed E-state index contributed by atoms with van der Waals surface area (Å²) in [6, 6.07) is 0. The Morgan fingerprint density at radius 2 is 0.217 bits per heavy atom. The molecule has 13 heteroatoms. The van der Waals surface area contributed by atoms with Crippen LogP contribution in [0.1, 0.15) is 194 Å². The number of unbranched alkanes of at least 4 members (excludes halogenated alkanes) is 26. The molecule has 0 saturated heterocycles. The van der Waals surface area contributed by atoms with E-state index < -0.39 is 0 Å². The summed E-state index contributed by atoms with van der Waals surface area (Å²) < 4.78 is 72.5. The van der Waals surface area contributed by atoms with Crippen LogP contribution in [-0.4, -0.2) is 172 Å². The third-order valence-corrected chi connectivity index (χ3v) is 11.7. The van der Waals surface area contributed by atoms with Gasteiger partial charge in [0.2, 0.25) is 0 Å². The molecule has 0 rings (SSSR count). The van der Waals surface area contributed by atoms with Crippen molar-refractivity contribution in [2.24, 2.45) is 0 Å². The van der Waals surface area contributed by atoms with Gasteiger partial charge in [-0.25, -0.2) is 0 Å². The van der Waals surface area contributed by atoms with E-state index in [1.165, 1.54) is 167 Å². The minimum atomic E-state index is 0.518. The summed E-state index contributed by atoms with van der Waals surface area (Å²) in [4.78, 5) is 0. The topological polar surface area (TPSA) is 120 Å². The molecular formula is C56H114O13. The van der Waals surface area contributed by atoms with Crippen LogP contribution in [0, 0.1) is 0 Å². The second kappa shape index (κ2) is 67.5. The average molecular weight is 996 g/mol. The van der Waals surface area contributed by atoms with E-state index >= 15 is 0 Å². The molecule has 0 aliphatic rings. The van der Waals surface area contributed by atoms with E-state index in [4.69, 9.17) is 61.6 Å². The minimum Gasteiger partial charge on any atom is -0.379 e. The van der Waals surface area contributed by atoms with Gasteiger partial charge >= 0.3 is 0 Å². The first-order chi connectivity index (χ1) is 34.4. The molecule has 0 fully saturated rings. The highest BCUT2D eigenvalue weighted by atomic mass is 16.6. The van der Waals surface area contributed by atoms with Crippen molar-refractivity contribution in [3.63, 3.8) is 0 Å². The lowest BCUT2D eigenvalue weighted by Crippen LogP contribution is -2.15. The molecule has 0 heterocycles. The quantitative estimate of drug-likeness (QED) is 0.0538. The number of hydrogen-bond donors (Lipinski definition) is 0. The van der Waals surface area contributed by atoms with E-state index in [9.17, 15) is 0 Å². The molecule has 0 atom stereocenters. The number of ether oxygens (including phenoxy) is 13. The van der Waals surface area contributed by atoms with Crippen LogP contribution in [0.3, 0.4) is 0 Å². The van der Waals surface area contributed by atoms with Gasteiger partial charge in [-0.05, 0) is 12.8 Å². The van der Waals surface area contributed by atoms with Crippen molar-refractivity contribution in [1.82, 2.24) is 0 Å². The SMILES string of the molecule is CCCCCCCCCCCCCCCCOCCOCCOCCOCCOCCOCCOCCOCCOCCOCCOCCOCCOCCCCCCCCCCCCCCCC. The second-order valence-electron chi connectivity index (χ2n) is 18.2. The van der Waals surface area contributed by atoms with Gasteiger partial charge in [0.05, 0.1) is 159 Å². The predicted octanol–water partition coefficient (Wildman–Crippen LogP) is 12.2. The molecule has 0 aromatic heterocycles. The first kappa shape index (κ1) is 68.5. The second-order valence-corrected chi connectivity index (χ2v) is 18.2. The third-order valence-electron chi connectivity index (χ3n) is 11.7. The predicted molar refractivity (Wildman–Crippen MR) is 281 cm³/mol. The lowest BCUT2D eigenvalue weighted by Gasteiger charge is -2.09. The lowest BCUT2D eigenvalue weighted by atomic mass is 10.0. The molecule has 0 radical (unpaired) electrons. The van der Waals surface area contributed by atoms with E-state index in [1.54, 1.807) is 0 Å². The molecule has 69 heavy (non-hydrogen) atoms. The Morgan fingerprint density at radius 3 is 0.348 bits per heavy atom. The van der Waals surface area contributed by atoms with E-state index in [1.807, 2.05) is 0 Å². The highest BCUT2D eigenvalue weighted by Crippen LogP contribution is 2.14. The van der Waals surface area contributed by atoms with Crippen LogP contribution in [0.4, 0.5) is 0 Å². The number of rotatable bonds is 66. The van der Waals surface area contributed by atoms with Gasteiger partial charge in [0.15, 0.2) is 0 Å². The van der Waals surface area contributed by atoms with Gasteiger partial charge in [0, 0.05) is 13.2 Å². The highest BCUT2D eigenvalue weighted by Gasteiger charge is 2.00. The Morgan fingerprint density at radius 1 is 0.116 bits per heavy atom. The van der Waals surface area contributed by atoms with E-state index in [0.717, 1.165) is 26.1 Å². The molecule has 0 N–H and O–H groups in total. The molecule has 0 unspecified atom stereocenters. The smallest absolute Gasteiger partial charge is 0.0701 e. The Bertz CT molecular complexity index is 795. The van der Waals surface area contributed by atoms with Crippen molar-refractivity contribution < 1.29 is 61.6 Å². The highest BCUT2D eigenvalue weighted by molar-refractivity contribution is 4.51. The van der Waals surface area contributed by atoms with Gasteiger partial charge < -0.3 is 61.6 Å². The summed E-state index contributed by atoms with van der Waals surface area (Å²) in [6.07, 6.45) is 38.5. The average Bonchev–Trinajstić information content (AvgIpc) is 3.36. The summed E-state index contributed by atoms with van der Waals surface area (Å²) in [5.74, 6) is 0. The van der Waals surface area contributed by atoms with Crippen LogP contribution >= 0.6 is 0 Å². The maximum atomic E-state index is 5.70. The molecule has 416 valence electrons. The fourth-order valence-electron chi connectivity index (χ4n) is 7.54. The molecule has 0 saturated carbocycles. The Balaban J connectivity index is 3.07. The van der Waals surface area contributed by atoms with Crippen LogP contribution in [0.15, 0.2) is 0 Å². The molecular weight excluding hydrogens is 881 g/mol. The molecule has 0 aliphatic carbocycles. The molecule has 0 aromatic carbocycles. The van der Waals surface area contributed by atoms with E-state index in [-0.39, 0.29) is 0 Å². The van der Waals surface area contributed by atoms with Crippen molar-refractivity contribution in [2.75, 3.05) is 172 Å². The summed E-state index contributed by atoms with van der Waals surface area (Å²) >= 11 is 0. The van der Waals surface area contributed by atoms with Crippen molar-refractivity contribution in [2.45, 2.75) is 194 Å². The molecule has 0 aliphatic heterocycles. The zero-order chi connectivity index (χ0) is 49.4. The molecule has 0 spiro atoms. The molecule has 13 nitrogen and oxygen atoms in total. The summed E-state index contributed by atoms with van der Waals surface area (Å²) in [5.41, 5.74) is 0.